The third kappa shape index (κ3) is 4.79. The molecule has 1 atom stereocenters. The Morgan fingerprint density at radius 3 is 2.36 bits per heavy atom. The number of aliphatic hydroxyl groups is 1. The molecule has 5 nitrogen and oxygen atoms in total. The monoisotopic (exact) mass is 300 g/mol. The molecular formula is C17H20N2O3. The van der Waals surface area contributed by atoms with Crippen molar-refractivity contribution in [3.8, 4) is 11.5 Å². The number of rotatable bonds is 7. The van der Waals surface area contributed by atoms with Gasteiger partial charge in [-0.25, -0.2) is 0 Å². The van der Waals surface area contributed by atoms with Crippen LogP contribution in [0.2, 0.25) is 0 Å². The van der Waals surface area contributed by atoms with Gasteiger partial charge in [-0.15, -0.1) is 0 Å². The number of benzene rings is 2. The summed E-state index contributed by atoms with van der Waals surface area (Å²) in [5.74, 6) is 1.25. The Labute approximate surface area is 129 Å². The van der Waals surface area contributed by atoms with Crippen LogP contribution in [-0.4, -0.2) is 30.3 Å². The Hall–Kier alpha value is -2.53. The van der Waals surface area contributed by atoms with Crippen LogP contribution in [0.5, 0.6) is 11.5 Å². The molecule has 4 N–H and O–H groups in total. The van der Waals surface area contributed by atoms with Gasteiger partial charge in [-0.3, -0.25) is 5.41 Å². The number of amidine groups is 1. The Kier molecular flexibility index (Phi) is 5.38. The zero-order valence-corrected chi connectivity index (χ0v) is 12.5. The van der Waals surface area contributed by atoms with Crippen LogP contribution in [0.15, 0.2) is 48.5 Å². The Morgan fingerprint density at radius 1 is 1.09 bits per heavy atom. The lowest BCUT2D eigenvalue weighted by molar-refractivity contribution is 0.0626. The second kappa shape index (κ2) is 7.47. The maximum absolute atomic E-state index is 9.89. The summed E-state index contributed by atoms with van der Waals surface area (Å²) in [6, 6.07) is 14.5. The number of hydrogen-bond acceptors (Lipinski definition) is 4. The van der Waals surface area contributed by atoms with Crippen molar-refractivity contribution in [2.75, 3.05) is 13.2 Å². The topological polar surface area (TPSA) is 88.6 Å². The fraction of sp³-hybridized carbons (Fsp3) is 0.235. The van der Waals surface area contributed by atoms with E-state index < -0.39 is 6.10 Å². The summed E-state index contributed by atoms with van der Waals surface area (Å²) < 4.78 is 11.0. The predicted octanol–water partition coefficient (Wildman–Crippen LogP) is 2.10. The molecule has 2 rings (SSSR count). The molecule has 1 unspecified atom stereocenters. The molecule has 0 saturated heterocycles. The van der Waals surface area contributed by atoms with E-state index in [9.17, 15) is 5.11 Å². The SMILES string of the molecule is Cc1ccc(OCC(O)COc2cccc(C(=N)N)c2)cc1. The quantitative estimate of drug-likeness (QED) is 0.539. The van der Waals surface area contributed by atoms with Gasteiger partial charge >= 0.3 is 0 Å². The first-order valence-electron chi connectivity index (χ1n) is 6.99. The highest BCUT2D eigenvalue weighted by atomic mass is 16.5. The number of nitrogens with one attached hydrogen (secondary N) is 1. The van der Waals surface area contributed by atoms with Crippen molar-refractivity contribution >= 4 is 5.84 Å². The summed E-state index contributed by atoms with van der Waals surface area (Å²) >= 11 is 0. The van der Waals surface area contributed by atoms with Gasteiger partial charge in [0.1, 0.15) is 36.7 Å². The van der Waals surface area contributed by atoms with E-state index in [0.29, 0.717) is 17.1 Å². The highest BCUT2D eigenvalue weighted by molar-refractivity contribution is 5.95. The molecule has 0 radical (unpaired) electrons. The predicted molar refractivity (Wildman–Crippen MR) is 85.6 cm³/mol. The van der Waals surface area contributed by atoms with Crippen LogP contribution in [0.25, 0.3) is 0 Å². The van der Waals surface area contributed by atoms with Gasteiger partial charge in [-0.05, 0) is 31.2 Å². The molecule has 0 heterocycles. The molecule has 5 heteroatoms. The zero-order valence-electron chi connectivity index (χ0n) is 12.5. The first-order valence-corrected chi connectivity index (χ1v) is 6.99. The van der Waals surface area contributed by atoms with Gasteiger partial charge in [-0.2, -0.15) is 0 Å². The van der Waals surface area contributed by atoms with E-state index in [0.717, 1.165) is 5.56 Å². The molecule has 0 amide bonds. The summed E-state index contributed by atoms with van der Waals surface area (Å²) in [4.78, 5) is 0. The minimum absolute atomic E-state index is 0.0197. The lowest BCUT2D eigenvalue weighted by Gasteiger charge is -2.14. The minimum Gasteiger partial charge on any atom is -0.491 e. The molecule has 0 bridgehead atoms. The van der Waals surface area contributed by atoms with E-state index in [2.05, 4.69) is 0 Å². The zero-order chi connectivity index (χ0) is 15.9. The number of nitrogen functional groups attached to an aromatic ring is 1. The van der Waals surface area contributed by atoms with Crippen LogP contribution in [0.4, 0.5) is 0 Å². The van der Waals surface area contributed by atoms with E-state index in [1.54, 1.807) is 24.3 Å². The van der Waals surface area contributed by atoms with Gasteiger partial charge in [0.05, 0.1) is 0 Å². The lowest BCUT2D eigenvalue weighted by Crippen LogP contribution is -2.25. The van der Waals surface area contributed by atoms with Crippen LogP contribution in [0, 0.1) is 12.3 Å². The van der Waals surface area contributed by atoms with Crippen LogP contribution >= 0.6 is 0 Å². The first-order chi connectivity index (χ1) is 10.5. The summed E-state index contributed by atoms with van der Waals surface area (Å²) in [7, 11) is 0. The second-order valence-electron chi connectivity index (χ2n) is 5.03. The van der Waals surface area contributed by atoms with Gasteiger partial charge in [-0.1, -0.05) is 29.8 Å². The normalized spacial score (nSPS) is 11.7. The van der Waals surface area contributed by atoms with Crippen molar-refractivity contribution in [3.05, 3.63) is 59.7 Å². The summed E-state index contributed by atoms with van der Waals surface area (Å²) in [6.45, 7) is 2.25. The van der Waals surface area contributed by atoms with Crippen molar-refractivity contribution in [2.24, 2.45) is 5.73 Å². The first kappa shape index (κ1) is 15.9. The Balaban J connectivity index is 1.80. The van der Waals surface area contributed by atoms with Crippen LogP contribution in [-0.2, 0) is 0 Å². The van der Waals surface area contributed by atoms with Crippen molar-refractivity contribution in [2.45, 2.75) is 13.0 Å². The van der Waals surface area contributed by atoms with Crippen molar-refractivity contribution < 1.29 is 14.6 Å². The van der Waals surface area contributed by atoms with Crippen LogP contribution < -0.4 is 15.2 Å². The number of ether oxygens (including phenoxy) is 2. The van der Waals surface area contributed by atoms with E-state index in [4.69, 9.17) is 20.6 Å². The number of aliphatic hydroxyl groups excluding tert-OH is 1. The average molecular weight is 300 g/mol. The smallest absolute Gasteiger partial charge is 0.122 e. The highest BCUT2D eigenvalue weighted by Crippen LogP contribution is 2.14. The van der Waals surface area contributed by atoms with Gasteiger partial charge in [0, 0.05) is 5.56 Å². The highest BCUT2D eigenvalue weighted by Gasteiger charge is 2.07. The van der Waals surface area contributed by atoms with Crippen molar-refractivity contribution in [1.29, 1.82) is 5.41 Å². The molecular weight excluding hydrogens is 280 g/mol. The van der Waals surface area contributed by atoms with E-state index in [-0.39, 0.29) is 19.0 Å². The van der Waals surface area contributed by atoms with E-state index in [1.165, 1.54) is 0 Å². The van der Waals surface area contributed by atoms with Crippen LogP contribution in [0.1, 0.15) is 11.1 Å². The summed E-state index contributed by atoms with van der Waals surface area (Å²) in [5.41, 5.74) is 7.16. The molecule has 2 aromatic carbocycles. The van der Waals surface area contributed by atoms with Crippen molar-refractivity contribution in [1.82, 2.24) is 0 Å². The average Bonchev–Trinajstić information content (AvgIpc) is 2.52. The third-order valence-electron chi connectivity index (χ3n) is 3.05. The van der Waals surface area contributed by atoms with Crippen LogP contribution in [0.3, 0.4) is 0 Å². The van der Waals surface area contributed by atoms with Gasteiger partial charge in [0.15, 0.2) is 0 Å². The molecule has 0 aliphatic carbocycles. The summed E-state index contributed by atoms with van der Waals surface area (Å²) in [6.07, 6.45) is -0.748. The molecule has 0 spiro atoms. The molecule has 0 fully saturated rings. The van der Waals surface area contributed by atoms with E-state index in [1.807, 2.05) is 31.2 Å². The molecule has 0 saturated carbocycles. The Bertz CT molecular complexity index is 626. The summed E-state index contributed by atoms with van der Waals surface area (Å²) in [5, 5.41) is 17.3. The van der Waals surface area contributed by atoms with E-state index >= 15 is 0 Å². The lowest BCUT2D eigenvalue weighted by atomic mass is 10.2. The largest absolute Gasteiger partial charge is 0.491 e. The second-order valence-corrected chi connectivity index (χ2v) is 5.03. The number of nitrogens with two attached hydrogens (primary N) is 1. The molecule has 22 heavy (non-hydrogen) atoms. The Morgan fingerprint density at radius 2 is 1.73 bits per heavy atom. The fourth-order valence-corrected chi connectivity index (χ4v) is 1.82. The van der Waals surface area contributed by atoms with Gasteiger partial charge in [0.2, 0.25) is 0 Å². The van der Waals surface area contributed by atoms with Gasteiger partial charge < -0.3 is 20.3 Å². The number of aryl methyl sites for hydroxylation is 1. The molecule has 116 valence electrons. The minimum atomic E-state index is -0.748. The third-order valence-corrected chi connectivity index (χ3v) is 3.05. The molecule has 0 aromatic heterocycles. The maximum Gasteiger partial charge on any atom is 0.122 e. The fourth-order valence-electron chi connectivity index (χ4n) is 1.82. The van der Waals surface area contributed by atoms with Crippen molar-refractivity contribution in [3.63, 3.8) is 0 Å². The van der Waals surface area contributed by atoms with Gasteiger partial charge in [0.25, 0.3) is 0 Å². The maximum atomic E-state index is 9.89. The molecule has 0 aliphatic rings. The number of hydrogen-bond donors (Lipinski definition) is 3. The molecule has 2 aromatic rings. The molecule has 0 aliphatic heterocycles. The standard InChI is InChI=1S/C17H20N2O3/c1-12-5-7-15(8-6-12)21-10-14(20)11-22-16-4-2-3-13(9-16)17(18)19/h2-9,14,20H,10-11H2,1H3,(H3,18,19).